The predicted molar refractivity (Wildman–Crippen MR) is 64.2 cm³/mol. The maximum absolute atomic E-state index is 5.45. The molecule has 0 radical (unpaired) electrons. The molecule has 1 unspecified atom stereocenters. The summed E-state index contributed by atoms with van der Waals surface area (Å²) >= 11 is 0. The van der Waals surface area contributed by atoms with Crippen LogP contribution in [0.15, 0.2) is 30.3 Å². The van der Waals surface area contributed by atoms with Gasteiger partial charge in [0, 0.05) is 8.81 Å². The Hall–Kier alpha value is -0.390. The number of hydrogen-bond donors (Lipinski definition) is 0. The molecule has 0 N–H and O–H groups in total. The van der Waals surface area contributed by atoms with Crippen molar-refractivity contribution in [3.8, 4) is 0 Å². The summed E-state index contributed by atoms with van der Waals surface area (Å²) in [5.74, 6) is 0. The van der Waals surface area contributed by atoms with Crippen molar-refractivity contribution in [2.75, 3.05) is 12.8 Å². The Balaban J connectivity index is 1.99. The largest absolute Gasteiger partial charge is 0.362 e. The van der Waals surface area contributed by atoms with Gasteiger partial charge in [-0.3, -0.25) is 0 Å². The van der Waals surface area contributed by atoms with Crippen LogP contribution in [-0.4, -0.2) is 12.8 Å². The van der Waals surface area contributed by atoms with Crippen molar-refractivity contribution in [1.29, 1.82) is 0 Å². The molecule has 0 spiro atoms. The molecule has 0 aliphatic carbocycles. The molecule has 0 fully saturated rings. The van der Waals surface area contributed by atoms with Crippen LogP contribution < -0.4 is 0 Å². The van der Waals surface area contributed by atoms with E-state index in [9.17, 15) is 0 Å². The molecule has 1 rings (SSSR count). The Morgan fingerprint density at radius 2 is 2.00 bits per heavy atom. The van der Waals surface area contributed by atoms with E-state index in [-0.39, 0.29) is 0 Å². The molecule has 14 heavy (non-hydrogen) atoms. The lowest BCUT2D eigenvalue weighted by Crippen LogP contribution is -1.88. The fraction of sp³-hybridized carbons (Fsp3) is 0.500. The van der Waals surface area contributed by atoms with E-state index in [2.05, 4.69) is 37.3 Å². The van der Waals surface area contributed by atoms with Crippen LogP contribution in [0.4, 0.5) is 0 Å². The van der Waals surface area contributed by atoms with Crippen LogP contribution >= 0.6 is 8.81 Å². The van der Waals surface area contributed by atoms with Gasteiger partial charge in [-0.2, -0.15) is 0 Å². The lowest BCUT2D eigenvalue weighted by atomic mass is 10.1. The van der Waals surface area contributed by atoms with E-state index in [0.29, 0.717) is 8.81 Å². The first kappa shape index (κ1) is 11.7. The molecule has 1 nitrogen and oxygen atoms in total. The van der Waals surface area contributed by atoms with Crippen molar-refractivity contribution in [2.45, 2.75) is 26.2 Å². The number of benzene rings is 1. The highest BCUT2D eigenvalue weighted by Gasteiger charge is 1.92. The smallest absolute Gasteiger partial charge is 0.0502 e. The molecule has 1 aromatic rings. The molecule has 0 amide bonds. The van der Waals surface area contributed by atoms with Gasteiger partial charge in [0.2, 0.25) is 0 Å². The molecule has 2 heteroatoms. The maximum Gasteiger partial charge on any atom is 0.0502 e. The molecular formula is C12H19OP. The zero-order chi connectivity index (χ0) is 10.1. The second-order valence-corrected chi connectivity index (χ2v) is 4.41. The molecular weight excluding hydrogens is 191 g/mol. The molecule has 0 saturated carbocycles. The monoisotopic (exact) mass is 210 g/mol. The van der Waals surface area contributed by atoms with Crippen molar-refractivity contribution in [3.63, 3.8) is 0 Å². The maximum atomic E-state index is 5.45. The van der Waals surface area contributed by atoms with Crippen LogP contribution in [0.2, 0.25) is 0 Å². The Morgan fingerprint density at radius 1 is 1.21 bits per heavy atom. The lowest BCUT2D eigenvalue weighted by molar-refractivity contribution is 0.361. The first-order valence-corrected chi connectivity index (χ1v) is 6.43. The Bertz CT molecular complexity index is 223. The summed E-state index contributed by atoms with van der Waals surface area (Å²) in [6.07, 6.45) is 4.76. The standard InChI is InChI=1S/C12H19OP/c1-2-10-13-14-11-6-9-12-7-4-3-5-8-12/h3-5,7-8,14H,2,6,9-11H2,1H3. The molecule has 0 aliphatic heterocycles. The molecule has 1 atom stereocenters. The average molecular weight is 210 g/mol. The van der Waals surface area contributed by atoms with Gasteiger partial charge in [-0.15, -0.1) is 0 Å². The van der Waals surface area contributed by atoms with E-state index in [4.69, 9.17) is 4.52 Å². The third kappa shape index (κ3) is 5.36. The Kier molecular flexibility index (Phi) is 6.65. The molecule has 0 aliphatic rings. The summed E-state index contributed by atoms with van der Waals surface area (Å²) in [6, 6.07) is 10.7. The first-order valence-electron chi connectivity index (χ1n) is 5.32. The first-order chi connectivity index (χ1) is 6.93. The summed E-state index contributed by atoms with van der Waals surface area (Å²) in [7, 11) is 0.691. The van der Waals surface area contributed by atoms with Gasteiger partial charge in [-0.1, -0.05) is 37.3 Å². The van der Waals surface area contributed by atoms with Gasteiger partial charge >= 0.3 is 0 Å². The molecule has 0 aromatic heterocycles. The van der Waals surface area contributed by atoms with E-state index in [1.165, 1.54) is 24.6 Å². The van der Waals surface area contributed by atoms with Crippen LogP contribution in [0, 0.1) is 0 Å². The predicted octanol–water partition coefficient (Wildman–Crippen LogP) is 3.64. The SMILES string of the molecule is CCCOPCCCc1ccccc1. The van der Waals surface area contributed by atoms with Crippen LogP contribution in [0.3, 0.4) is 0 Å². The fourth-order valence-corrected chi connectivity index (χ4v) is 2.07. The van der Waals surface area contributed by atoms with Gasteiger partial charge in [0.1, 0.15) is 0 Å². The van der Waals surface area contributed by atoms with Crippen LogP contribution in [0.5, 0.6) is 0 Å². The van der Waals surface area contributed by atoms with Crippen molar-refractivity contribution in [3.05, 3.63) is 35.9 Å². The third-order valence-corrected chi connectivity index (χ3v) is 2.96. The minimum absolute atomic E-state index is 0.691. The van der Waals surface area contributed by atoms with E-state index >= 15 is 0 Å². The highest BCUT2D eigenvalue weighted by atomic mass is 31.1. The van der Waals surface area contributed by atoms with Gasteiger partial charge in [0.15, 0.2) is 0 Å². The minimum Gasteiger partial charge on any atom is -0.362 e. The van der Waals surface area contributed by atoms with Crippen molar-refractivity contribution in [2.24, 2.45) is 0 Å². The summed E-state index contributed by atoms with van der Waals surface area (Å²) < 4.78 is 5.45. The Labute approximate surface area is 88.7 Å². The summed E-state index contributed by atoms with van der Waals surface area (Å²) in [6.45, 7) is 3.07. The summed E-state index contributed by atoms with van der Waals surface area (Å²) in [5.41, 5.74) is 1.44. The van der Waals surface area contributed by atoms with Crippen molar-refractivity contribution in [1.82, 2.24) is 0 Å². The van der Waals surface area contributed by atoms with Crippen LogP contribution in [0.25, 0.3) is 0 Å². The van der Waals surface area contributed by atoms with Crippen LogP contribution in [-0.2, 0) is 10.9 Å². The molecule has 78 valence electrons. The quantitative estimate of drug-likeness (QED) is 0.493. The number of hydrogen-bond acceptors (Lipinski definition) is 1. The highest BCUT2D eigenvalue weighted by molar-refractivity contribution is 7.32. The lowest BCUT2D eigenvalue weighted by Gasteiger charge is -2.02. The van der Waals surface area contributed by atoms with Gasteiger partial charge in [0.05, 0.1) is 6.61 Å². The van der Waals surface area contributed by atoms with E-state index in [1.54, 1.807) is 0 Å². The third-order valence-electron chi connectivity index (χ3n) is 2.00. The second kappa shape index (κ2) is 7.96. The normalized spacial score (nSPS) is 11.2. The molecule has 0 saturated heterocycles. The average Bonchev–Trinajstić information content (AvgIpc) is 2.25. The molecule has 1 aromatic carbocycles. The topological polar surface area (TPSA) is 9.23 Å². The van der Waals surface area contributed by atoms with Gasteiger partial charge in [0.25, 0.3) is 0 Å². The molecule has 0 heterocycles. The second-order valence-electron chi connectivity index (χ2n) is 3.33. The summed E-state index contributed by atoms with van der Waals surface area (Å²) in [5, 5.41) is 0. The van der Waals surface area contributed by atoms with Gasteiger partial charge in [-0.25, -0.2) is 0 Å². The van der Waals surface area contributed by atoms with E-state index in [0.717, 1.165) is 13.0 Å². The van der Waals surface area contributed by atoms with Gasteiger partial charge in [-0.05, 0) is 31.0 Å². The van der Waals surface area contributed by atoms with Crippen molar-refractivity contribution < 1.29 is 4.52 Å². The zero-order valence-corrected chi connectivity index (χ0v) is 9.83. The van der Waals surface area contributed by atoms with Crippen LogP contribution in [0.1, 0.15) is 25.3 Å². The van der Waals surface area contributed by atoms with Crippen molar-refractivity contribution >= 4 is 8.81 Å². The Morgan fingerprint density at radius 3 is 2.71 bits per heavy atom. The van der Waals surface area contributed by atoms with Gasteiger partial charge < -0.3 is 4.52 Å². The zero-order valence-electron chi connectivity index (χ0n) is 8.83. The number of aryl methyl sites for hydroxylation is 1. The van der Waals surface area contributed by atoms with E-state index < -0.39 is 0 Å². The summed E-state index contributed by atoms with van der Waals surface area (Å²) in [4.78, 5) is 0. The number of rotatable bonds is 7. The molecule has 0 bridgehead atoms. The minimum atomic E-state index is 0.691. The fourth-order valence-electron chi connectivity index (χ4n) is 1.26. The van der Waals surface area contributed by atoms with E-state index in [1.807, 2.05) is 0 Å². The highest BCUT2D eigenvalue weighted by Crippen LogP contribution is 2.15.